The fourth-order valence-corrected chi connectivity index (χ4v) is 2.34. The van der Waals surface area contributed by atoms with Gasteiger partial charge in [0, 0.05) is 18.1 Å². The molecule has 120 valence electrons. The van der Waals surface area contributed by atoms with E-state index in [-0.39, 0.29) is 5.56 Å². The first-order valence-electron chi connectivity index (χ1n) is 7.01. The number of nitrogens with zero attached hydrogens (tertiary/aromatic N) is 5. The number of hydrogen-bond donors (Lipinski definition) is 1. The molecule has 24 heavy (non-hydrogen) atoms. The van der Waals surface area contributed by atoms with Crippen LogP contribution in [0.5, 0.6) is 0 Å². The van der Waals surface area contributed by atoms with Crippen LogP contribution < -0.4 is 10.5 Å². The second-order valence-corrected chi connectivity index (χ2v) is 5.44. The van der Waals surface area contributed by atoms with E-state index in [1.807, 2.05) is 0 Å². The van der Waals surface area contributed by atoms with Crippen molar-refractivity contribution in [2.24, 2.45) is 0 Å². The Kier molecular flexibility index (Phi) is 4.31. The van der Waals surface area contributed by atoms with Gasteiger partial charge in [0.25, 0.3) is 5.56 Å². The SMILES string of the molecule is C#CCN(C)c1cc(=O)n(-c2ccc(Cl)cc2)nc1-c1ncn[nH]1. The summed E-state index contributed by atoms with van der Waals surface area (Å²) >= 11 is 5.90. The lowest BCUT2D eigenvalue weighted by molar-refractivity contribution is 0.802. The summed E-state index contributed by atoms with van der Waals surface area (Å²) in [6, 6.07) is 8.28. The molecule has 0 aliphatic rings. The Bertz CT molecular complexity index is 940. The van der Waals surface area contributed by atoms with E-state index in [9.17, 15) is 4.79 Å². The van der Waals surface area contributed by atoms with Crippen LogP contribution in [0.1, 0.15) is 0 Å². The highest BCUT2D eigenvalue weighted by molar-refractivity contribution is 6.30. The zero-order valence-corrected chi connectivity index (χ0v) is 13.5. The zero-order chi connectivity index (χ0) is 17.1. The standard InChI is InChI=1S/C16H13ClN6O/c1-3-8-22(2)13-9-14(24)23(12-6-4-11(17)5-7-12)21-15(13)16-18-10-19-20-16/h1,4-7,9-10H,8H2,2H3,(H,18,19,20). The van der Waals surface area contributed by atoms with E-state index in [1.165, 1.54) is 17.1 Å². The zero-order valence-electron chi connectivity index (χ0n) is 12.8. The fourth-order valence-electron chi connectivity index (χ4n) is 2.22. The number of rotatable bonds is 4. The van der Waals surface area contributed by atoms with Gasteiger partial charge < -0.3 is 4.90 Å². The van der Waals surface area contributed by atoms with Crippen LogP contribution in [0.15, 0.2) is 41.5 Å². The maximum absolute atomic E-state index is 12.5. The topological polar surface area (TPSA) is 79.7 Å². The molecule has 0 unspecified atom stereocenters. The molecule has 0 aliphatic heterocycles. The van der Waals surface area contributed by atoms with E-state index in [1.54, 1.807) is 36.2 Å². The summed E-state index contributed by atoms with van der Waals surface area (Å²) in [4.78, 5) is 18.4. The molecule has 0 spiro atoms. The van der Waals surface area contributed by atoms with Crippen molar-refractivity contribution >= 4 is 17.3 Å². The number of benzene rings is 1. The molecule has 1 N–H and O–H groups in total. The van der Waals surface area contributed by atoms with E-state index < -0.39 is 0 Å². The number of aromatic amines is 1. The summed E-state index contributed by atoms with van der Waals surface area (Å²) in [6.07, 6.45) is 6.74. The Labute approximate surface area is 142 Å². The van der Waals surface area contributed by atoms with Crippen molar-refractivity contribution in [3.8, 4) is 29.5 Å². The molecule has 0 saturated carbocycles. The maximum atomic E-state index is 12.5. The van der Waals surface area contributed by atoms with Crippen molar-refractivity contribution in [2.45, 2.75) is 0 Å². The maximum Gasteiger partial charge on any atom is 0.273 e. The second-order valence-electron chi connectivity index (χ2n) is 5.00. The Morgan fingerprint density at radius 2 is 2.12 bits per heavy atom. The quantitative estimate of drug-likeness (QED) is 0.732. The Morgan fingerprint density at radius 1 is 1.38 bits per heavy atom. The smallest absolute Gasteiger partial charge is 0.273 e. The average Bonchev–Trinajstić information content (AvgIpc) is 3.10. The van der Waals surface area contributed by atoms with Crippen LogP contribution in [0, 0.1) is 12.3 Å². The van der Waals surface area contributed by atoms with Gasteiger partial charge in [-0.3, -0.25) is 9.89 Å². The first kappa shape index (κ1) is 15.8. The largest absolute Gasteiger partial charge is 0.361 e. The monoisotopic (exact) mass is 340 g/mol. The molecule has 2 heterocycles. The molecular formula is C16H13ClN6O. The van der Waals surface area contributed by atoms with Gasteiger partial charge in [0.15, 0.2) is 11.5 Å². The van der Waals surface area contributed by atoms with E-state index in [0.717, 1.165) is 0 Å². The van der Waals surface area contributed by atoms with Gasteiger partial charge in [-0.1, -0.05) is 17.5 Å². The van der Waals surface area contributed by atoms with Gasteiger partial charge >= 0.3 is 0 Å². The van der Waals surface area contributed by atoms with Crippen LogP contribution in [0.4, 0.5) is 5.69 Å². The number of H-pyrrole nitrogens is 1. The van der Waals surface area contributed by atoms with E-state index in [4.69, 9.17) is 18.0 Å². The molecule has 1 aromatic carbocycles. The van der Waals surface area contributed by atoms with Crippen LogP contribution in [-0.4, -0.2) is 38.6 Å². The van der Waals surface area contributed by atoms with Gasteiger partial charge in [0.05, 0.1) is 17.9 Å². The van der Waals surface area contributed by atoms with Gasteiger partial charge in [-0.2, -0.15) is 14.9 Å². The molecular weight excluding hydrogens is 328 g/mol. The predicted octanol–water partition coefficient (Wildman–Crippen LogP) is 1.74. The minimum absolute atomic E-state index is 0.292. The van der Waals surface area contributed by atoms with Crippen molar-refractivity contribution in [1.82, 2.24) is 25.0 Å². The minimum atomic E-state index is -0.292. The van der Waals surface area contributed by atoms with Crippen molar-refractivity contribution in [3.05, 3.63) is 52.0 Å². The summed E-state index contributed by atoms with van der Waals surface area (Å²) in [5.41, 5.74) is 1.34. The molecule has 7 nitrogen and oxygen atoms in total. The Balaban J connectivity index is 2.20. The highest BCUT2D eigenvalue weighted by Gasteiger charge is 2.17. The molecule has 0 aliphatic carbocycles. The molecule has 0 fully saturated rings. The molecule has 0 amide bonds. The van der Waals surface area contributed by atoms with Gasteiger partial charge in [-0.25, -0.2) is 4.98 Å². The Morgan fingerprint density at radius 3 is 2.75 bits per heavy atom. The first-order valence-corrected chi connectivity index (χ1v) is 7.38. The molecule has 0 atom stereocenters. The van der Waals surface area contributed by atoms with Gasteiger partial charge in [0.2, 0.25) is 0 Å². The van der Waals surface area contributed by atoms with Crippen LogP contribution in [-0.2, 0) is 0 Å². The van der Waals surface area contributed by atoms with E-state index in [2.05, 4.69) is 26.2 Å². The lowest BCUT2D eigenvalue weighted by Crippen LogP contribution is -2.26. The summed E-state index contributed by atoms with van der Waals surface area (Å²) in [7, 11) is 1.78. The van der Waals surface area contributed by atoms with E-state index >= 15 is 0 Å². The number of aromatic nitrogens is 5. The van der Waals surface area contributed by atoms with Crippen molar-refractivity contribution < 1.29 is 0 Å². The summed E-state index contributed by atoms with van der Waals surface area (Å²) in [5.74, 6) is 2.98. The van der Waals surface area contributed by atoms with Crippen LogP contribution in [0.2, 0.25) is 5.02 Å². The van der Waals surface area contributed by atoms with Gasteiger partial charge in [-0.15, -0.1) is 6.42 Å². The summed E-state index contributed by atoms with van der Waals surface area (Å²) in [5, 5.41) is 11.6. The highest BCUT2D eigenvalue weighted by atomic mass is 35.5. The molecule has 8 heteroatoms. The Hall–Kier alpha value is -3.11. The average molecular weight is 341 g/mol. The molecule has 2 aromatic heterocycles. The summed E-state index contributed by atoms with van der Waals surface area (Å²) < 4.78 is 1.28. The van der Waals surface area contributed by atoms with Crippen LogP contribution in [0.25, 0.3) is 17.2 Å². The van der Waals surface area contributed by atoms with Crippen LogP contribution >= 0.6 is 11.6 Å². The second kappa shape index (κ2) is 6.56. The summed E-state index contributed by atoms with van der Waals surface area (Å²) in [6.45, 7) is 0.327. The normalized spacial score (nSPS) is 10.4. The van der Waals surface area contributed by atoms with Crippen molar-refractivity contribution in [3.63, 3.8) is 0 Å². The fraction of sp³-hybridized carbons (Fsp3) is 0.125. The first-order chi connectivity index (χ1) is 11.6. The lowest BCUT2D eigenvalue weighted by atomic mass is 10.2. The van der Waals surface area contributed by atoms with Crippen molar-refractivity contribution in [1.29, 1.82) is 0 Å². The number of halogens is 1. The van der Waals surface area contributed by atoms with E-state index in [0.29, 0.717) is 34.5 Å². The number of nitrogens with one attached hydrogen (secondary N) is 1. The molecule has 3 aromatic rings. The van der Waals surface area contributed by atoms with Gasteiger partial charge in [-0.05, 0) is 24.3 Å². The molecule has 0 saturated heterocycles. The molecule has 0 radical (unpaired) electrons. The predicted molar refractivity (Wildman–Crippen MR) is 92.3 cm³/mol. The third-order valence-electron chi connectivity index (χ3n) is 3.36. The highest BCUT2D eigenvalue weighted by Crippen LogP contribution is 2.24. The third-order valence-corrected chi connectivity index (χ3v) is 3.61. The van der Waals surface area contributed by atoms with Crippen molar-refractivity contribution in [2.75, 3.05) is 18.5 Å². The third kappa shape index (κ3) is 3.00. The lowest BCUT2D eigenvalue weighted by Gasteiger charge is -2.19. The minimum Gasteiger partial charge on any atom is -0.361 e. The molecule has 3 rings (SSSR count). The van der Waals surface area contributed by atoms with Gasteiger partial charge in [0.1, 0.15) is 6.33 Å². The molecule has 0 bridgehead atoms. The van der Waals surface area contributed by atoms with Crippen LogP contribution in [0.3, 0.4) is 0 Å². The number of hydrogen-bond acceptors (Lipinski definition) is 5. The number of anilines is 1. The number of terminal acetylenes is 1.